The molecule has 148 valence electrons. The fourth-order valence-corrected chi connectivity index (χ4v) is 4.67. The molecule has 0 atom stereocenters. The summed E-state index contributed by atoms with van der Waals surface area (Å²) in [6.45, 7) is 1.40. The lowest BCUT2D eigenvalue weighted by Gasteiger charge is -2.46. The molecule has 1 N–H and O–H groups in total. The molecule has 29 heavy (non-hydrogen) atoms. The molecular formula is C23H22ClN3O2. The lowest BCUT2D eigenvalue weighted by molar-refractivity contribution is 0.0676. The zero-order chi connectivity index (χ0) is 20.0. The van der Waals surface area contributed by atoms with Crippen LogP contribution in [0.4, 0.5) is 5.69 Å². The van der Waals surface area contributed by atoms with E-state index in [0.717, 1.165) is 35.0 Å². The number of carbonyl (C=O) groups is 1. The Hall–Kier alpha value is -2.92. The van der Waals surface area contributed by atoms with Crippen LogP contribution in [0.2, 0.25) is 5.02 Å². The van der Waals surface area contributed by atoms with Crippen LogP contribution in [0.5, 0.6) is 5.75 Å². The molecule has 1 spiro atoms. The largest absolute Gasteiger partial charge is 0.497 e. The Kier molecular flexibility index (Phi) is 4.28. The minimum atomic E-state index is -0.180. The van der Waals surface area contributed by atoms with Crippen LogP contribution in [-0.2, 0) is 5.54 Å². The second-order valence-electron chi connectivity index (χ2n) is 7.65. The van der Waals surface area contributed by atoms with E-state index in [1.165, 1.54) is 5.69 Å². The molecule has 0 bridgehead atoms. The third kappa shape index (κ3) is 2.97. The number of rotatable bonds is 2. The Bertz CT molecular complexity index is 1070. The number of carbonyl (C=O) groups excluding carboxylic acids is 1. The van der Waals surface area contributed by atoms with Crippen molar-refractivity contribution >= 4 is 23.2 Å². The number of benzene rings is 2. The van der Waals surface area contributed by atoms with E-state index >= 15 is 0 Å². The van der Waals surface area contributed by atoms with E-state index in [1.807, 2.05) is 47.4 Å². The number of piperidine rings is 1. The molecule has 3 aromatic rings. The van der Waals surface area contributed by atoms with Crippen molar-refractivity contribution in [3.63, 3.8) is 0 Å². The molecule has 2 aromatic carbocycles. The number of halogens is 1. The van der Waals surface area contributed by atoms with Gasteiger partial charge in [-0.3, -0.25) is 4.79 Å². The van der Waals surface area contributed by atoms with Crippen LogP contribution in [0.3, 0.4) is 0 Å². The Balaban J connectivity index is 1.38. The van der Waals surface area contributed by atoms with Gasteiger partial charge in [-0.25, -0.2) is 0 Å². The maximum Gasteiger partial charge on any atom is 0.253 e. The molecule has 0 unspecified atom stereocenters. The summed E-state index contributed by atoms with van der Waals surface area (Å²) in [7, 11) is 1.63. The molecule has 1 fully saturated rings. The Morgan fingerprint density at radius 2 is 1.86 bits per heavy atom. The van der Waals surface area contributed by atoms with E-state index in [4.69, 9.17) is 16.3 Å². The predicted molar refractivity (Wildman–Crippen MR) is 114 cm³/mol. The van der Waals surface area contributed by atoms with Gasteiger partial charge in [0.25, 0.3) is 5.91 Å². The van der Waals surface area contributed by atoms with E-state index in [1.54, 1.807) is 7.11 Å². The predicted octanol–water partition coefficient (Wildman–Crippen LogP) is 4.70. The smallest absolute Gasteiger partial charge is 0.253 e. The first-order valence-corrected chi connectivity index (χ1v) is 10.2. The van der Waals surface area contributed by atoms with E-state index in [0.29, 0.717) is 18.7 Å². The molecule has 5 rings (SSSR count). The highest BCUT2D eigenvalue weighted by molar-refractivity contribution is 6.30. The zero-order valence-electron chi connectivity index (χ0n) is 16.2. The zero-order valence-corrected chi connectivity index (χ0v) is 16.9. The quantitative estimate of drug-likeness (QED) is 0.670. The molecule has 1 saturated heterocycles. The number of nitrogens with zero attached hydrogens (tertiary/aromatic N) is 2. The number of anilines is 1. The minimum Gasteiger partial charge on any atom is -0.497 e. The van der Waals surface area contributed by atoms with Crippen molar-refractivity contribution in [2.75, 3.05) is 25.5 Å². The first kappa shape index (κ1) is 18.1. The van der Waals surface area contributed by atoms with Gasteiger partial charge in [0, 0.05) is 35.6 Å². The maximum atomic E-state index is 12.9. The highest BCUT2D eigenvalue weighted by Crippen LogP contribution is 2.44. The van der Waals surface area contributed by atoms with Crippen molar-refractivity contribution in [3.05, 3.63) is 77.1 Å². The summed E-state index contributed by atoms with van der Waals surface area (Å²) in [5, 5.41) is 4.49. The minimum absolute atomic E-state index is 0.0703. The summed E-state index contributed by atoms with van der Waals surface area (Å²) in [5.41, 5.74) is 3.89. The maximum absolute atomic E-state index is 12.9. The molecule has 0 saturated carbocycles. The summed E-state index contributed by atoms with van der Waals surface area (Å²) >= 11 is 6.23. The number of nitrogens with one attached hydrogen (secondary N) is 1. The van der Waals surface area contributed by atoms with Crippen molar-refractivity contribution in [3.8, 4) is 11.4 Å². The number of likely N-dealkylation sites (tertiary alicyclic amines) is 1. The fourth-order valence-electron chi connectivity index (χ4n) is 4.50. The number of aromatic nitrogens is 1. The van der Waals surface area contributed by atoms with Crippen molar-refractivity contribution in [1.82, 2.24) is 9.47 Å². The average Bonchev–Trinajstić information content (AvgIpc) is 3.26. The number of hydrogen-bond acceptors (Lipinski definition) is 3. The van der Waals surface area contributed by atoms with Crippen LogP contribution in [0.25, 0.3) is 5.69 Å². The number of amides is 1. The third-order valence-corrected chi connectivity index (χ3v) is 6.31. The van der Waals surface area contributed by atoms with Gasteiger partial charge in [0.15, 0.2) is 0 Å². The van der Waals surface area contributed by atoms with Crippen LogP contribution < -0.4 is 10.1 Å². The van der Waals surface area contributed by atoms with Gasteiger partial charge in [0.1, 0.15) is 5.75 Å². The number of methoxy groups -OCH3 is 1. The van der Waals surface area contributed by atoms with Crippen molar-refractivity contribution in [2.45, 2.75) is 18.4 Å². The van der Waals surface area contributed by atoms with Crippen molar-refractivity contribution in [1.29, 1.82) is 0 Å². The van der Waals surface area contributed by atoms with Crippen LogP contribution in [0, 0.1) is 0 Å². The van der Waals surface area contributed by atoms with Crippen molar-refractivity contribution in [2.24, 2.45) is 0 Å². The molecule has 6 heteroatoms. The topological polar surface area (TPSA) is 46.5 Å². The second-order valence-corrected chi connectivity index (χ2v) is 8.09. The van der Waals surface area contributed by atoms with Crippen LogP contribution in [0.15, 0.2) is 60.8 Å². The lowest BCUT2D eigenvalue weighted by atomic mass is 9.82. The van der Waals surface area contributed by atoms with Gasteiger partial charge in [0.05, 0.1) is 24.0 Å². The number of hydrogen-bond donors (Lipinski definition) is 1. The summed E-state index contributed by atoms with van der Waals surface area (Å²) in [4.78, 5) is 14.9. The highest BCUT2D eigenvalue weighted by atomic mass is 35.5. The Morgan fingerprint density at radius 3 is 2.59 bits per heavy atom. The summed E-state index contributed by atoms with van der Waals surface area (Å²) in [6, 6.07) is 17.5. The van der Waals surface area contributed by atoms with E-state index < -0.39 is 0 Å². The molecule has 5 nitrogen and oxygen atoms in total. The van der Waals surface area contributed by atoms with E-state index in [2.05, 4.69) is 28.2 Å². The van der Waals surface area contributed by atoms with Gasteiger partial charge >= 0.3 is 0 Å². The summed E-state index contributed by atoms with van der Waals surface area (Å²) in [6.07, 6.45) is 3.78. The van der Waals surface area contributed by atoms with E-state index in [9.17, 15) is 4.79 Å². The van der Waals surface area contributed by atoms with Gasteiger partial charge in [-0.1, -0.05) is 11.6 Å². The van der Waals surface area contributed by atoms with Crippen molar-refractivity contribution < 1.29 is 9.53 Å². The molecule has 3 heterocycles. The molecule has 1 amide bonds. The summed E-state index contributed by atoms with van der Waals surface area (Å²) in [5.74, 6) is 0.825. The molecule has 2 aliphatic heterocycles. The second kappa shape index (κ2) is 6.85. The first-order chi connectivity index (χ1) is 14.1. The normalized spacial score (nSPS) is 16.7. The van der Waals surface area contributed by atoms with Gasteiger partial charge < -0.3 is 19.5 Å². The van der Waals surface area contributed by atoms with E-state index in [-0.39, 0.29) is 11.4 Å². The fraction of sp³-hybridized carbons (Fsp3) is 0.261. The van der Waals surface area contributed by atoms with Gasteiger partial charge in [0.2, 0.25) is 0 Å². The molecule has 0 aliphatic carbocycles. The third-order valence-electron chi connectivity index (χ3n) is 6.07. The standard InChI is InChI=1S/C23H22ClN3O2/c1-29-18-7-4-16(5-8-18)22(28)26-13-10-23(11-14-26)21-3-2-12-27(21)20-15-17(24)6-9-19(20)25-23/h2-9,12,15,25H,10-11,13-14H2,1H3. The molecule has 2 aliphatic rings. The van der Waals surface area contributed by atoms with Gasteiger partial charge in [-0.2, -0.15) is 0 Å². The van der Waals surface area contributed by atoms with Crippen LogP contribution in [0.1, 0.15) is 28.9 Å². The number of fused-ring (bicyclic) bond motifs is 4. The molecular weight excluding hydrogens is 386 g/mol. The SMILES string of the molecule is COc1ccc(C(=O)N2CCC3(CC2)Nc2ccc(Cl)cc2-n2cccc23)cc1. The monoisotopic (exact) mass is 407 g/mol. The summed E-state index contributed by atoms with van der Waals surface area (Å²) < 4.78 is 7.41. The molecule has 0 radical (unpaired) electrons. The van der Waals surface area contributed by atoms with Crippen LogP contribution in [-0.4, -0.2) is 35.6 Å². The first-order valence-electron chi connectivity index (χ1n) is 9.79. The highest BCUT2D eigenvalue weighted by Gasteiger charge is 2.42. The number of ether oxygens (including phenoxy) is 1. The van der Waals surface area contributed by atoms with Crippen LogP contribution >= 0.6 is 11.6 Å². The lowest BCUT2D eigenvalue weighted by Crippen LogP contribution is -2.51. The molecule has 1 aromatic heterocycles. The van der Waals surface area contributed by atoms with Gasteiger partial charge in [-0.05, 0) is 67.4 Å². The Labute approximate surface area is 174 Å². The average molecular weight is 408 g/mol. The van der Waals surface area contributed by atoms with Gasteiger partial charge in [-0.15, -0.1) is 0 Å². The Morgan fingerprint density at radius 1 is 1.10 bits per heavy atom.